The van der Waals surface area contributed by atoms with Crippen LogP contribution in [0.2, 0.25) is 0 Å². The predicted molar refractivity (Wildman–Crippen MR) is 86.2 cm³/mol. The average molecular weight is 262 g/mol. The molecule has 1 N–H and O–H groups in total. The van der Waals surface area contributed by atoms with Gasteiger partial charge in [-0.05, 0) is 37.1 Å². The van der Waals surface area contributed by atoms with E-state index in [0.29, 0.717) is 0 Å². The molecule has 0 aliphatic carbocycles. The fraction of sp³-hybridized carbons (Fsp3) is 0.167. The zero-order valence-corrected chi connectivity index (χ0v) is 12.1. The van der Waals surface area contributed by atoms with Crippen molar-refractivity contribution in [1.82, 2.24) is 4.98 Å². The van der Waals surface area contributed by atoms with E-state index in [-0.39, 0.29) is 0 Å². The van der Waals surface area contributed by atoms with Crippen molar-refractivity contribution in [1.29, 1.82) is 0 Å². The summed E-state index contributed by atoms with van der Waals surface area (Å²) in [6.07, 6.45) is 0. The first-order valence-electron chi connectivity index (χ1n) is 6.84. The third-order valence-electron chi connectivity index (χ3n) is 3.59. The van der Waals surface area contributed by atoms with Gasteiger partial charge in [0.05, 0.1) is 11.2 Å². The number of nitrogens with one attached hydrogen (secondary N) is 1. The SMILES string of the molecule is CNc1cc(-c2ccccc2)nc2cc(C)cc(C)c12. The van der Waals surface area contributed by atoms with Crippen LogP contribution >= 0.6 is 0 Å². The molecule has 0 bridgehead atoms. The van der Waals surface area contributed by atoms with Crippen LogP contribution in [-0.4, -0.2) is 12.0 Å². The van der Waals surface area contributed by atoms with Crippen LogP contribution in [0.4, 0.5) is 5.69 Å². The minimum absolute atomic E-state index is 1.01. The van der Waals surface area contributed by atoms with Crippen LogP contribution in [0, 0.1) is 13.8 Å². The largest absolute Gasteiger partial charge is 0.388 e. The molecular weight excluding hydrogens is 244 g/mol. The van der Waals surface area contributed by atoms with Gasteiger partial charge in [0.25, 0.3) is 0 Å². The number of hydrogen-bond acceptors (Lipinski definition) is 2. The summed E-state index contributed by atoms with van der Waals surface area (Å²) in [6.45, 7) is 4.25. The molecule has 0 aliphatic rings. The van der Waals surface area contributed by atoms with Gasteiger partial charge in [-0.2, -0.15) is 0 Å². The van der Waals surface area contributed by atoms with E-state index in [4.69, 9.17) is 4.98 Å². The van der Waals surface area contributed by atoms with E-state index in [0.717, 1.165) is 22.5 Å². The van der Waals surface area contributed by atoms with Crippen molar-refractivity contribution in [2.75, 3.05) is 12.4 Å². The molecule has 0 atom stereocenters. The maximum atomic E-state index is 4.84. The van der Waals surface area contributed by atoms with Crippen LogP contribution < -0.4 is 5.32 Å². The molecule has 1 aromatic heterocycles. The summed E-state index contributed by atoms with van der Waals surface area (Å²) in [7, 11) is 1.96. The summed E-state index contributed by atoms with van der Waals surface area (Å²) < 4.78 is 0. The van der Waals surface area contributed by atoms with Gasteiger partial charge in [-0.25, -0.2) is 4.98 Å². The summed E-state index contributed by atoms with van der Waals surface area (Å²) in [5, 5.41) is 4.51. The first kappa shape index (κ1) is 12.7. The number of aromatic nitrogens is 1. The molecule has 0 saturated carbocycles. The molecule has 0 aliphatic heterocycles. The van der Waals surface area contributed by atoms with Crippen LogP contribution in [0.25, 0.3) is 22.2 Å². The smallest absolute Gasteiger partial charge is 0.0735 e. The second-order valence-electron chi connectivity index (χ2n) is 5.15. The molecule has 0 radical (unpaired) electrons. The number of hydrogen-bond donors (Lipinski definition) is 1. The summed E-state index contributed by atoms with van der Waals surface area (Å²) in [5.74, 6) is 0. The van der Waals surface area contributed by atoms with Crippen LogP contribution in [0.3, 0.4) is 0 Å². The molecule has 0 amide bonds. The Morgan fingerprint density at radius 3 is 2.40 bits per heavy atom. The molecule has 2 aromatic carbocycles. The van der Waals surface area contributed by atoms with Gasteiger partial charge in [0.1, 0.15) is 0 Å². The van der Waals surface area contributed by atoms with E-state index in [2.05, 4.69) is 49.5 Å². The first-order valence-corrected chi connectivity index (χ1v) is 6.84. The van der Waals surface area contributed by atoms with Crippen molar-refractivity contribution in [3.63, 3.8) is 0 Å². The van der Waals surface area contributed by atoms with Gasteiger partial charge in [-0.3, -0.25) is 0 Å². The first-order chi connectivity index (χ1) is 9.69. The number of anilines is 1. The Kier molecular flexibility index (Phi) is 3.15. The second kappa shape index (κ2) is 4.97. The summed E-state index contributed by atoms with van der Waals surface area (Å²) >= 11 is 0. The molecular formula is C18H18N2. The van der Waals surface area contributed by atoms with Crippen LogP contribution in [0.5, 0.6) is 0 Å². The third kappa shape index (κ3) is 2.14. The quantitative estimate of drug-likeness (QED) is 0.732. The Balaban J connectivity index is 2.32. The van der Waals surface area contributed by atoms with E-state index < -0.39 is 0 Å². The zero-order valence-electron chi connectivity index (χ0n) is 12.1. The van der Waals surface area contributed by atoms with Gasteiger partial charge in [-0.15, -0.1) is 0 Å². The van der Waals surface area contributed by atoms with E-state index in [1.807, 2.05) is 25.2 Å². The highest BCUT2D eigenvalue weighted by molar-refractivity contribution is 5.96. The number of nitrogens with zero attached hydrogens (tertiary/aromatic N) is 1. The highest BCUT2D eigenvalue weighted by atomic mass is 14.8. The molecule has 2 nitrogen and oxygen atoms in total. The molecule has 0 unspecified atom stereocenters. The number of pyridine rings is 1. The molecule has 3 aromatic rings. The van der Waals surface area contributed by atoms with E-state index >= 15 is 0 Å². The third-order valence-corrected chi connectivity index (χ3v) is 3.59. The van der Waals surface area contributed by atoms with Crippen molar-refractivity contribution < 1.29 is 0 Å². The summed E-state index contributed by atoms with van der Waals surface area (Å²) in [5.41, 5.74) is 6.84. The molecule has 1 heterocycles. The van der Waals surface area contributed by atoms with Crippen molar-refractivity contribution in [3.05, 3.63) is 59.7 Å². The minimum Gasteiger partial charge on any atom is -0.388 e. The van der Waals surface area contributed by atoms with E-state index in [1.54, 1.807) is 0 Å². The number of fused-ring (bicyclic) bond motifs is 1. The molecule has 20 heavy (non-hydrogen) atoms. The monoisotopic (exact) mass is 262 g/mol. The van der Waals surface area contributed by atoms with Crippen LogP contribution in [-0.2, 0) is 0 Å². The lowest BCUT2D eigenvalue weighted by Crippen LogP contribution is -1.96. The molecule has 0 saturated heterocycles. The van der Waals surface area contributed by atoms with Crippen LogP contribution in [0.15, 0.2) is 48.5 Å². The fourth-order valence-corrected chi connectivity index (χ4v) is 2.71. The van der Waals surface area contributed by atoms with Crippen molar-refractivity contribution in [3.8, 4) is 11.3 Å². The van der Waals surface area contributed by atoms with Gasteiger partial charge < -0.3 is 5.32 Å². The molecule has 0 spiro atoms. The Morgan fingerprint density at radius 1 is 0.950 bits per heavy atom. The molecule has 3 rings (SSSR count). The summed E-state index contributed by atoms with van der Waals surface area (Å²) in [6, 6.07) is 16.8. The number of aryl methyl sites for hydroxylation is 2. The standard InChI is InChI=1S/C18H18N2/c1-12-9-13(2)18-16(19-3)11-15(20-17(18)10-12)14-7-5-4-6-8-14/h4-11H,1-3H3,(H,19,20). The van der Waals surface area contributed by atoms with E-state index in [9.17, 15) is 0 Å². The second-order valence-corrected chi connectivity index (χ2v) is 5.15. The van der Waals surface area contributed by atoms with Gasteiger partial charge in [0, 0.05) is 23.7 Å². The van der Waals surface area contributed by atoms with Gasteiger partial charge in [0.2, 0.25) is 0 Å². The van der Waals surface area contributed by atoms with Crippen molar-refractivity contribution in [2.45, 2.75) is 13.8 Å². The Hall–Kier alpha value is -2.35. The maximum Gasteiger partial charge on any atom is 0.0735 e. The fourth-order valence-electron chi connectivity index (χ4n) is 2.71. The van der Waals surface area contributed by atoms with Crippen molar-refractivity contribution in [2.24, 2.45) is 0 Å². The lowest BCUT2D eigenvalue weighted by molar-refractivity contribution is 1.34. The lowest BCUT2D eigenvalue weighted by atomic mass is 10.0. The molecule has 2 heteroatoms. The summed E-state index contributed by atoms with van der Waals surface area (Å²) in [4.78, 5) is 4.84. The lowest BCUT2D eigenvalue weighted by Gasteiger charge is -2.12. The number of benzene rings is 2. The molecule has 0 fully saturated rings. The van der Waals surface area contributed by atoms with Gasteiger partial charge >= 0.3 is 0 Å². The maximum absolute atomic E-state index is 4.84. The zero-order chi connectivity index (χ0) is 14.1. The Bertz CT molecular complexity index is 761. The van der Waals surface area contributed by atoms with Crippen molar-refractivity contribution >= 4 is 16.6 Å². The van der Waals surface area contributed by atoms with Gasteiger partial charge in [0.15, 0.2) is 0 Å². The van der Waals surface area contributed by atoms with Gasteiger partial charge in [-0.1, -0.05) is 36.4 Å². The Labute approximate surface area is 119 Å². The average Bonchev–Trinajstić information content (AvgIpc) is 2.46. The topological polar surface area (TPSA) is 24.9 Å². The molecule has 100 valence electrons. The Morgan fingerprint density at radius 2 is 1.70 bits per heavy atom. The highest BCUT2D eigenvalue weighted by Gasteiger charge is 2.09. The number of rotatable bonds is 2. The highest BCUT2D eigenvalue weighted by Crippen LogP contribution is 2.31. The normalized spacial score (nSPS) is 10.8. The predicted octanol–water partition coefficient (Wildman–Crippen LogP) is 4.56. The minimum atomic E-state index is 1.01. The van der Waals surface area contributed by atoms with E-state index in [1.165, 1.54) is 16.5 Å². The van der Waals surface area contributed by atoms with Crippen LogP contribution in [0.1, 0.15) is 11.1 Å².